The van der Waals surface area contributed by atoms with E-state index in [1.165, 1.54) is 6.07 Å². The Kier molecular flexibility index (Phi) is 4.06. The summed E-state index contributed by atoms with van der Waals surface area (Å²) in [6.45, 7) is 2.79. The highest BCUT2D eigenvalue weighted by Gasteiger charge is 2.48. The summed E-state index contributed by atoms with van der Waals surface area (Å²) in [4.78, 5) is 15.1. The highest BCUT2D eigenvalue weighted by atomic mass is 19.1. The molecule has 130 valence electrons. The van der Waals surface area contributed by atoms with Crippen molar-refractivity contribution in [2.75, 3.05) is 26.3 Å². The standard InChI is InChI=1S/C18H23FN2O3/c19-16-2-1-14(13-3-6-20-10-15(13)16)17(23)21-11-12(22)9-18(21)4-7-24-8-5-18/h1-2,12,20,22H,3-11H2. The summed E-state index contributed by atoms with van der Waals surface area (Å²) in [7, 11) is 0. The molecular formula is C18H23FN2O3. The minimum atomic E-state index is -0.495. The van der Waals surface area contributed by atoms with Gasteiger partial charge in [-0.15, -0.1) is 0 Å². The number of amides is 1. The first-order chi connectivity index (χ1) is 11.6. The molecule has 1 aromatic carbocycles. The summed E-state index contributed by atoms with van der Waals surface area (Å²) >= 11 is 0. The number of carbonyl (C=O) groups is 1. The molecule has 3 aliphatic rings. The summed E-state index contributed by atoms with van der Waals surface area (Å²) in [5, 5.41) is 13.4. The average Bonchev–Trinajstić information content (AvgIpc) is 2.91. The SMILES string of the molecule is O=C(c1ccc(F)c2c1CCNC2)N1CC(O)CC12CCOCC2. The first kappa shape index (κ1) is 16.0. The Hall–Kier alpha value is -1.50. The number of nitrogens with one attached hydrogen (secondary N) is 1. The third-order valence-electron chi connectivity index (χ3n) is 5.71. The molecule has 24 heavy (non-hydrogen) atoms. The van der Waals surface area contributed by atoms with Crippen molar-refractivity contribution in [1.82, 2.24) is 10.2 Å². The van der Waals surface area contributed by atoms with Crippen molar-refractivity contribution in [3.63, 3.8) is 0 Å². The molecule has 0 bridgehead atoms. The molecule has 2 fully saturated rings. The normalized spacial score (nSPS) is 25.8. The van der Waals surface area contributed by atoms with Gasteiger partial charge in [-0.2, -0.15) is 0 Å². The van der Waals surface area contributed by atoms with Gasteiger partial charge in [-0.3, -0.25) is 4.79 Å². The number of hydrogen-bond acceptors (Lipinski definition) is 4. The number of aliphatic hydroxyl groups is 1. The lowest BCUT2D eigenvalue weighted by Crippen LogP contribution is -2.51. The number of benzene rings is 1. The van der Waals surface area contributed by atoms with Gasteiger partial charge >= 0.3 is 0 Å². The molecule has 6 heteroatoms. The monoisotopic (exact) mass is 334 g/mol. The Bertz CT molecular complexity index is 658. The topological polar surface area (TPSA) is 61.8 Å². The van der Waals surface area contributed by atoms with Crippen LogP contribution in [0.3, 0.4) is 0 Å². The number of β-amino-alcohol motifs (C(OH)–C–C–N with tert-alkyl or cyclic N) is 1. The van der Waals surface area contributed by atoms with E-state index in [0.717, 1.165) is 24.9 Å². The fourth-order valence-corrected chi connectivity index (χ4v) is 4.46. The second-order valence-corrected chi connectivity index (χ2v) is 7.09. The lowest BCUT2D eigenvalue weighted by atomic mass is 9.86. The van der Waals surface area contributed by atoms with Gasteiger partial charge < -0.3 is 20.1 Å². The van der Waals surface area contributed by atoms with Crippen LogP contribution in [0.4, 0.5) is 4.39 Å². The van der Waals surface area contributed by atoms with Gasteiger partial charge in [-0.1, -0.05) is 0 Å². The van der Waals surface area contributed by atoms with Crippen molar-refractivity contribution < 1.29 is 19.0 Å². The molecule has 5 nitrogen and oxygen atoms in total. The molecule has 1 aromatic rings. The Morgan fingerprint density at radius 3 is 2.92 bits per heavy atom. The molecule has 1 unspecified atom stereocenters. The Morgan fingerprint density at radius 2 is 2.12 bits per heavy atom. The number of carbonyl (C=O) groups excluding carboxylic acids is 1. The van der Waals surface area contributed by atoms with Crippen LogP contribution in [0.5, 0.6) is 0 Å². The average molecular weight is 334 g/mol. The third kappa shape index (κ3) is 2.53. The van der Waals surface area contributed by atoms with Gasteiger partial charge in [0.1, 0.15) is 5.82 Å². The zero-order chi connectivity index (χ0) is 16.7. The Morgan fingerprint density at radius 1 is 1.33 bits per heavy atom. The summed E-state index contributed by atoms with van der Waals surface area (Å²) in [5.74, 6) is -0.331. The molecule has 2 N–H and O–H groups in total. The minimum Gasteiger partial charge on any atom is -0.391 e. The molecule has 0 radical (unpaired) electrons. The van der Waals surface area contributed by atoms with Crippen LogP contribution in [0.1, 0.15) is 40.7 Å². The predicted octanol–water partition coefficient (Wildman–Crippen LogP) is 1.23. The number of fused-ring (bicyclic) bond motifs is 1. The van der Waals surface area contributed by atoms with Gasteiger partial charge in [0.05, 0.1) is 11.6 Å². The van der Waals surface area contributed by atoms with Crippen LogP contribution >= 0.6 is 0 Å². The highest BCUT2D eigenvalue weighted by Crippen LogP contribution is 2.39. The largest absolute Gasteiger partial charge is 0.391 e. The molecule has 0 saturated carbocycles. The van der Waals surface area contributed by atoms with Crippen LogP contribution in [0.25, 0.3) is 0 Å². The number of ether oxygens (including phenoxy) is 1. The van der Waals surface area contributed by atoms with Gasteiger partial charge in [0.25, 0.3) is 5.91 Å². The number of nitrogens with zero attached hydrogens (tertiary/aromatic N) is 1. The fraction of sp³-hybridized carbons (Fsp3) is 0.611. The molecule has 1 atom stereocenters. The zero-order valence-corrected chi connectivity index (χ0v) is 13.7. The highest BCUT2D eigenvalue weighted by molar-refractivity contribution is 5.97. The second-order valence-electron chi connectivity index (χ2n) is 7.09. The molecule has 1 spiro atoms. The number of hydrogen-bond donors (Lipinski definition) is 2. The Labute approximate surface area is 140 Å². The van der Waals surface area contributed by atoms with Crippen LogP contribution in [0.2, 0.25) is 0 Å². The van der Waals surface area contributed by atoms with Gasteiger partial charge in [-0.05, 0) is 49.9 Å². The minimum absolute atomic E-state index is 0.0772. The Balaban J connectivity index is 1.70. The lowest BCUT2D eigenvalue weighted by Gasteiger charge is -2.41. The van der Waals surface area contributed by atoms with E-state index in [2.05, 4.69) is 5.32 Å². The van der Waals surface area contributed by atoms with Gasteiger partial charge in [-0.25, -0.2) is 4.39 Å². The maximum absolute atomic E-state index is 14.1. The fourth-order valence-electron chi connectivity index (χ4n) is 4.46. The zero-order valence-electron chi connectivity index (χ0n) is 13.7. The second kappa shape index (κ2) is 6.10. The van der Waals surface area contributed by atoms with Crippen molar-refractivity contribution in [3.05, 3.63) is 34.6 Å². The molecule has 1 amide bonds. The van der Waals surface area contributed by atoms with E-state index in [0.29, 0.717) is 50.3 Å². The van der Waals surface area contributed by atoms with Crippen molar-refractivity contribution in [1.29, 1.82) is 0 Å². The van der Waals surface area contributed by atoms with Crippen LogP contribution in [-0.2, 0) is 17.7 Å². The smallest absolute Gasteiger partial charge is 0.254 e. The van der Waals surface area contributed by atoms with Crippen LogP contribution in [-0.4, -0.2) is 53.9 Å². The number of rotatable bonds is 1. The number of halogens is 1. The molecular weight excluding hydrogens is 311 g/mol. The van der Waals surface area contributed by atoms with E-state index in [1.807, 2.05) is 4.90 Å². The number of aliphatic hydroxyl groups excluding tert-OH is 1. The molecule has 3 heterocycles. The van der Waals surface area contributed by atoms with E-state index in [1.54, 1.807) is 6.07 Å². The summed E-state index contributed by atoms with van der Waals surface area (Å²) in [6, 6.07) is 3.00. The van der Waals surface area contributed by atoms with E-state index < -0.39 is 6.10 Å². The third-order valence-corrected chi connectivity index (χ3v) is 5.71. The van der Waals surface area contributed by atoms with Crippen LogP contribution in [0.15, 0.2) is 12.1 Å². The van der Waals surface area contributed by atoms with Crippen LogP contribution in [0, 0.1) is 5.82 Å². The van der Waals surface area contributed by atoms with Crippen molar-refractivity contribution in [2.45, 2.75) is 43.9 Å². The van der Waals surface area contributed by atoms with Crippen LogP contribution < -0.4 is 5.32 Å². The molecule has 0 aromatic heterocycles. The van der Waals surface area contributed by atoms with E-state index in [-0.39, 0.29) is 17.3 Å². The summed E-state index contributed by atoms with van der Waals surface area (Å²) < 4.78 is 19.5. The van der Waals surface area contributed by atoms with E-state index in [4.69, 9.17) is 4.74 Å². The maximum atomic E-state index is 14.1. The molecule has 0 aliphatic carbocycles. The quantitative estimate of drug-likeness (QED) is 0.811. The van der Waals surface area contributed by atoms with E-state index in [9.17, 15) is 14.3 Å². The van der Waals surface area contributed by atoms with Gasteiger partial charge in [0.15, 0.2) is 0 Å². The molecule has 3 aliphatic heterocycles. The predicted molar refractivity (Wildman–Crippen MR) is 86.3 cm³/mol. The van der Waals surface area contributed by atoms with Gasteiger partial charge in [0, 0.05) is 37.4 Å². The summed E-state index contributed by atoms with van der Waals surface area (Å²) in [5.41, 5.74) is 1.70. The lowest BCUT2D eigenvalue weighted by molar-refractivity contribution is -0.00359. The molecule has 2 saturated heterocycles. The van der Waals surface area contributed by atoms with Gasteiger partial charge in [0.2, 0.25) is 0 Å². The van der Waals surface area contributed by atoms with Crippen molar-refractivity contribution in [2.24, 2.45) is 0 Å². The van der Waals surface area contributed by atoms with E-state index >= 15 is 0 Å². The van der Waals surface area contributed by atoms with Crippen molar-refractivity contribution >= 4 is 5.91 Å². The van der Waals surface area contributed by atoms with Crippen molar-refractivity contribution in [3.8, 4) is 0 Å². The molecule has 4 rings (SSSR count). The first-order valence-corrected chi connectivity index (χ1v) is 8.69. The first-order valence-electron chi connectivity index (χ1n) is 8.69. The summed E-state index contributed by atoms with van der Waals surface area (Å²) in [6.07, 6.45) is 2.26. The maximum Gasteiger partial charge on any atom is 0.254 e. The number of likely N-dealkylation sites (tertiary alicyclic amines) is 1.